The number of aromatic amines is 2. The van der Waals surface area contributed by atoms with Gasteiger partial charge in [0.1, 0.15) is 5.69 Å². The van der Waals surface area contributed by atoms with Gasteiger partial charge in [-0.15, -0.1) is 0 Å². The lowest BCUT2D eigenvalue weighted by Crippen LogP contribution is -1.80. The molecule has 2 N–H and O–H groups in total. The molecule has 0 saturated heterocycles. The third kappa shape index (κ3) is 1.29. The number of aryl methyl sites for hydroxylation is 2. The Labute approximate surface area is 91.9 Å². The second kappa shape index (κ2) is 3.16. The molecular weight excluding hydrogens is 202 g/mol. The van der Waals surface area contributed by atoms with Crippen molar-refractivity contribution >= 4 is 11.0 Å². The summed E-state index contributed by atoms with van der Waals surface area (Å²) in [5, 5.41) is 10.4. The predicted molar refractivity (Wildman–Crippen MR) is 60.9 cm³/mol. The predicted octanol–water partition coefficient (Wildman–Crippen LogP) is 1.96. The molecule has 0 aliphatic carbocycles. The molecule has 5 heteroatoms. The maximum absolute atomic E-state index is 4.52. The minimum atomic E-state index is 0.730. The Balaban J connectivity index is 2.27. The molecule has 0 unspecified atom stereocenters. The molecule has 3 rings (SSSR count). The Morgan fingerprint density at radius 3 is 2.81 bits per heavy atom. The molecule has 80 valence electrons. The first-order chi connectivity index (χ1) is 7.74. The van der Waals surface area contributed by atoms with Gasteiger partial charge in [0.25, 0.3) is 0 Å². The zero-order valence-electron chi connectivity index (χ0n) is 9.07. The van der Waals surface area contributed by atoms with Crippen LogP contribution >= 0.6 is 0 Å². The molecule has 0 amide bonds. The van der Waals surface area contributed by atoms with Gasteiger partial charge in [-0.3, -0.25) is 0 Å². The van der Waals surface area contributed by atoms with Gasteiger partial charge in [0.15, 0.2) is 5.82 Å². The smallest absolute Gasteiger partial charge is 0.160 e. The van der Waals surface area contributed by atoms with E-state index in [1.807, 2.05) is 0 Å². The second-order valence-electron chi connectivity index (χ2n) is 3.92. The van der Waals surface area contributed by atoms with Gasteiger partial charge in [0.2, 0.25) is 0 Å². The zero-order chi connectivity index (χ0) is 11.1. The van der Waals surface area contributed by atoms with E-state index in [0.717, 1.165) is 22.6 Å². The molecule has 16 heavy (non-hydrogen) atoms. The van der Waals surface area contributed by atoms with Crippen LogP contribution < -0.4 is 0 Å². The van der Waals surface area contributed by atoms with Gasteiger partial charge < -0.3 is 4.98 Å². The topological polar surface area (TPSA) is 70.2 Å². The fourth-order valence-electron chi connectivity index (χ4n) is 1.91. The highest BCUT2D eigenvalue weighted by Crippen LogP contribution is 2.21. The molecule has 0 aliphatic heterocycles. The maximum Gasteiger partial charge on any atom is 0.160 e. The van der Waals surface area contributed by atoms with Crippen molar-refractivity contribution in [2.75, 3.05) is 0 Å². The minimum Gasteiger partial charge on any atom is -0.337 e. The molecule has 0 radical (unpaired) electrons. The lowest BCUT2D eigenvalue weighted by molar-refractivity contribution is 0.940. The lowest BCUT2D eigenvalue weighted by atomic mass is 10.1. The summed E-state index contributed by atoms with van der Waals surface area (Å²) >= 11 is 0. The van der Waals surface area contributed by atoms with Crippen LogP contribution in [0.15, 0.2) is 18.3 Å². The van der Waals surface area contributed by atoms with Gasteiger partial charge in [0, 0.05) is 0 Å². The lowest BCUT2D eigenvalue weighted by Gasteiger charge is -1.96. The van der Waals surface area contributed by atoms with Crippen molar-refractivity contribution in [3.8, 4) is 11.5 Å². The first-order valence-corrected chi connectivity index (χ1v) is 5.07. The third-order valence-electron chi connectivity index (χ3n) is 2.58. The number of rotatable bonds is 1. The van der Waals surface area contributed by atoms with Crippen molar-refractivity contribution < 1.29 is 0 Å². The van der Waals surface area contributed by atoms with E-state index in [2.05, 4.69) is 51.4 Å². The van der Waals surface area contributed by atoms with Gasteiger partial charge in [-0.1, -0.05) is 6.07 Å². The fraction of sp³-hybridized carbons (Fsp3) is 0.182. The van der Waals surface area contributed by atoms with E-state index in [0.29, 0.717) is 0 Å². The summed E-state index contributed by atoms with van der Waals surface area (Å²) in [6, 6.07) is 4.20. The average molecular weight is 213 g/mol. The standard InChI is InChI=1S/C11H11N5/c1-6-3-7(2)10-8(4-6)13-11(14-10)9-5-12-16-15-9/h3-5H,1-2H3,(H,13,14)(H,12,15,16). The number of hydrogen-bond acceptors (Lipinski definition) is 3. The van der Waals surface area contributed by atoms with Gasteiger partial charge in [0.05, 0.1) is 17.2 Å². The molecule has 0 fully saturated rings. The highest BCUT2D eigenvalue weighted by atomic mass is 15.3. The van der Waals surface area contributed by atoms with Crippen LogP contribution in [0.2, 0.25) is 0 Å². The van der Waals surface area contributed by atoms with Crippen LogP contribution in [0.3, 0.4) is 0 Å². The van der Waals surface area contributed by atoms with Crippen molar-refractivity contribution in [2.45, 2.75) is 13.8 Å². The van der Waals surface area contributed by atoms with E-state index in [1.165, 1.54) is 11.1 Å². The summed E-state index contributed by atoms with van der Waals surface area (Å²) in [7, 11) is 0. The molecule has 2 aromatic heterocycles. The summed E-state index contributed by atoms with van der Waals surface area (Å²) in [5.74, 6) is 0.748. The Morgan fingerprint density at radius 2 is 2.06 bits per heavy atom. The summed E-state index contributed by atoms with van der Waals surface area (Å²) in [6.07, 6.45) is 1.65. The van der Waals surface area contributed by atoms with Crippen LogP contribution in [0.4, 0.5) is 0 Å². The maximum atomic E-state index is 4.52. The number of benzene rings is 1. The van der Waals surface area contributed by atoms with Crippen LogP contribution in [0.1, 0.15) is 11.1 Å². The molecular formula is C11H11N5. The number of aromatic nitrogens is 5. The molecule has 0 saturated carbocycles. The highest BCUT2D eigenvalue weighted by molar-refractivity contribution is 5.82. The molecule has 5 nitrogen and oxygen atoms in total. The molecule has 0 bridgehead atoms. The van der Waals surface area contributed by atoms with Crippen LogP contribution in [0, 0.1) is 13.8 Å². The van der Waals surface area contributed by atoms with E-state index in [1.54, 1.807) is 6.20 Å². The molecule has 0 atom stereocenters. The SMILES string of the molecule is Cc1cc(C)c2nc(-c3cn[nH]n3)[nH]c2c1. The zero-order valence-corrected chi connectivity index (χ0v) is 9.07. The van der Waals surface area contributed by atoms with Crippen LogP contribution in [-0.2, 0) is 0 Å². The number of nitrogens with one attached hydrogen (secondary N) is 2. The number of H-pyrrole nitrogens is 2. The summed E-state index contributed by atoms with van der Waals surface area (Å²) in [5.41, 5.74) is 5.15. The summed E-state index contributed by atoms with van der Waals surface area (Å²) in [4.78, 5) is 7.76. The Hall–Kier alpha value is -2.17. The molecule has 1 aromatic carbocycles. The van der Waals surface area contributed by atoms with Crippen LogP contribution in [-0.4, -0.2) is 25.4 Å². The van der Waals surface area contributed by atoms with E-state index in [4.69, 9.17) is 0 Å². The average Bonchev–Trinajstić information content (AvgIpc) is 2.82. The monoisotopic (exact) mass is 213 g/mol. The van der Waals surface area contributed by atoms with E-state index in [-0.39, 0.29) is 0 Å². The molecule has 0 spiro atoms. The number of nitrogens with zero attached hydrogens (tertiary/aromatic N) is 3. The number of hydrogen-bond donors (Lipinski definition) is 2. The second-order valence-corrected chi connectivity index (χ2v) is 3.92. The van der Waals surface area contributed by atoms with Crippen molar-refractivity contribution in [3.05, 3.63) is 29.5 Å². The normalized spacial score (nSPS) is 11.1. The Morgan fingerprint density at radius 1 is 1.19 bits per heavy atom. The van der Waals surface area contributed by atoms with Gasteiger partial charge in [-0.2, -0.15) is 15.4 Å². The van der Waals surface area contributed by atoms with Gasteiger partial charge >= 0.3 is 0 Å². The molecule has 2 heterocycles. The number of imidazole rings is 1. The Kier molecular flexibility index (Phi) is 1.80. The minimum absolute atomic E-state index is 0.730. The third-order valence-corrected chi connectivity index (χ3v) is 2.58. The van der Waals surface area contributed by atoms with Gasteiger partial charge in [-0.05, 0) is 31.0 Å². The van der Waals surface area contributed by atoms with E-state index in [9.17, 15) is 0 Å². The first kappa shape index (κ1) is 9.08. The van der Waals surface area contributed by atoms with Crippen molar-refractivity contribution in [1.82, 2.24) is 25.4 Å². The largest absolute Gasteiger partial charge is 0.337 e. The van der Waals surface area contributed by atoms with Crippen molar-refractivity contribution in [1.29, 1.82) is 0 Å². The first-order valence-electron chi connectivity index (χ1n) is 5.07. The molecule has 3 aromatic rings. The molecule has 0 aliphatic rings. The van der Waals surface area contributed by atoms with Crippen molar-refractivity contribution in [2.24, 2.45) is 0 Å². The van der Waals surface area contributed by atoms with E-state index < -0.39 is 0 Å². The quantitative estimate of drug-likeness (QED) is 0.649. The van der Waals surface area contributed by atoms with Crippen molar-refractivity contribution in [3.63, 3.8) is 0 Å². The van der Waals surface area contributed by atoms with Gasteiger partial charge in [-0.25, -0.2) is 4.98 Å². The summed E-state index contributed by atoms with van der Waals surface area (Å²) < 4.78 is 0. The van der Waals surface area contributed by atoms with Crippen LogP contribution in [0.5, 0.6) is 0 Å². The Bertz CT molecular complexity index is 636. The van der Waals surface area contributed by atoms with Crippen LogP contribution in [0.25, 0.3) is 22.6 Å². The highest BCUT2D eigenvalue weighted by Gasteiger charge is 2.09. The fourth-order valence-corrected chi connectivity index (χ4v) is 1.91. The summed E-state index contributed by atoms with van der Waals surface area (Å²) in [6.45, 7) is 4.13. The van der Waals surface area contributed by atoms with E-state index >= 15 is 0 Å². The number of fused-ring (bicyclic) bond motifs is 1.